The first-order valence-electron chi connectivity index (χ1n) is 2.40. The van der Waals surface area contributed by atoms with Crippen LogP contribution in [0.3, 0.4) is 0 Å². The number of nitrogens with one attached hydrogen (secondary N) is 1. The van der Waals surface area contributed by atoms with Gasteiger partial charge in [-0.05, 0) is 13.0 Å². The highest BCUT2D eigenvalue weighted by atomic mass is 14.9. The Morgan fingerprint density at radius 2 is 2.12 bits per heavy atom. The van der Waals surface area contributed by atoms with Gasteiger partial charge in [0.05, 0.1) is 5.69 Å². The number of hydrogen-bond acceptors (Lipinski definition) is 2. The zero-order chi connectivity index (χ0) is 6.15. The molecule has 0 radical (unpaired) electrons. The molecule has 8 heavy (non-hydrogen) atoms. The third kappa shape index (κ3) is 0.621. The maximum absolute atomic E-state index is 5.38. The van der Waals surface area contributed by atoms with Crippen molar-refractivity contribution in [1.82, 2.24) is 4.98 Å². The number of aromatic amines is 1. The van der Waals surface area contributed by atoms with Crippen molar-refractivity contribution in [2.45, 2.75) is 6.92 Å². The molecule has 1 heterocycles. The number of nitrogens with two attached hydrogens (primary N) is 2. The minimum atomic E-state index is 0.558. The van der Waals surface area contributed by atoms with E-state index in [1.54, 1.807) is 6.07 Å². The number of anilines is 2. The maximum Gasteiger partial charge on any atom is 0.124 e. The van der Waals surface area contributed by atoms with Crippen LogP contribution in [0, 0.1) is 6.92 Å². The molecule has 0 aliphatic carbocycles. The van der Waals surface area contributed by atoms with Gasteiger partial charge in [-0.2, -0.15) is 0 Å². The Labute approximate surface area is 47.7 Å². The predicted octanol–water partition coefficient (Wildman–Crippen LogP) is 0.488. The van der Waals surface area contributed by atoms with Crippen LogP contribution < -0.4 is 11.5 Å². The Hall–Kier alpha value is -1.12. The van der Waals surface area contributed by atoms with Gasteiger partial charge in [0.1, 0.15) is 5.82 Å². The van der Waals surface area contributed by atoms with Gasteiger partial charge >= 0.3 is 0 Å². The summed E-state index contributed by atoms with van der Waals surface area (Å²) >= 11 is 0. The summed E-state index contributed by atoms with van der Waals surface area (Å²) < 4.78 is 0. The molecule has 0 bridgehead atoms. The van der Waals surface area contributed by atoms with E-state index in [9.17, 15) is 0 Å². The van der Waals surface area contributed by atoms with Crippen molar-refractivity contribution in [3.05, 3.63) is 11.8 Å². The molecule has 0 saturated heterocycles. The molecule has 0 atom stereocenters. The Bertz CT molecular complexity index is 170. The average Bonchev–Trinajstić information content (AvgIpc) is 1.85. The van der Waals surface area contributed by atoms with E-state index in [0.29, 0.717) is 11.5 Å². The second-order valence-corrected chi connectivity index (χ2v) is 1.82. The molecule has 44 valence electrons. The molecule has 0 aliphatic rings. The van der Waals surface area contributed by atoms with E-state index in [-0.39, 0.29) is 0 Å². The highest BCUT2D eigenvalue weighted by molar-refractivity contribution is 5.59. The maximum atomic E-state index is 5.38. The van der Waals surface area contributed by atoms with E-state index in [1.807, 2.05) is 6.92 Å². The van der Waals surface area contributed by atoms with Crippen molar-refractivity contribution < 1.29 is 0 Å². The van der Waals surface area contributed by atoms with E-state index in [2.05, 4.69) is 4.98 Å². The summed E-state index contributed by atoms with van der Waals surface area (Å²) in [5.41, 5.74) is 12.4. The second-order valence-electron chi connectivity index (χ2n) is 1.82. The number of nitrogen functional groups attached to an aromatic ring is 2. The van der Waals surface area contributed by atoms with Crippen LogP contribution in [0.1, 0.15) is 5.69 Å². The molecule has 0 fully saturated rings. The number of aryl methyl sites for hydroxylation is 1. The van der Waals surface area contributed by atoms with Crippen LogP contribution in [0.15, 0.2) is 6.07 Å². The van der Waals surface area contributed by atoms with Gasteiger partial charge in [-0.15, -0.1) is 0 Å². The largest absolute Gasteiger partial charge is 0.396 e. The van der Waals surface area contributed by atoms with Crippen molar-refractivity contribution in [2.24, 2.45) is 0 Å². The van der Waals surface area contributed by atoms with Crippen LogP contribution >= 0.6 is 0 Å². The number of hydrogen-bond donors (Lipinski definition) is 3. The molecular formula is C5H9N3. The molecule has 1 aromatic heterocycles. The van der Waals surface area contributed by atoms with E-state index in [0.717, 1.165) is 5.69 Å². The van der Waals surface area contributed by atoms with Crippen molar-refractivity contribution in [2.75, 3.05) is 11.5 Å². The molecule has 0 spiro atoms. The fourth-order valence-electron chi connectivity index (χ4n) is 0.632. The van der Waals surface area contributed by atoms with Gasteiger partial charge in [0, 0.05) is 5.69 Å². The first-order chi connectivity index (χ1) is 3.70. The van der Waals surface area contributed by atoms with Crippen LogP contribution in [0.4, 0.5) is 11.5 Å². The highest BCUT2D eigenvalue weighted by Crippen LogP contribution is 2.12. The average molecular weight is 111 g/mol. The van der Waals surface area contributed by atoms with E-state index in [1.165, 1.54) is 0 Å². The molecule has 3 heteroatoms. The zero-order valence-corrected chi connectivity index (χ0v) is 4.73. The summed E-state index contributed by atoms with van der Waals surface area (Å²) in [5, 5.41) is 0. The summed E-state index contributed by atoms with van der Waals surface area (Å²) in [5.74, 6) is 0.558. The summed E-state index contributed by atoms with van der Waals surface area (Å²) in [6.45, 7) is 1.91. The summed E-state index contributed by atoms with van der Waals surface area (Å²) in [6.07, 6.45) is 0. The van der Waals surface area contributed by atoms with Crippen molar-refractivity contribution in [1.29, 1.82) is 0 Å². The van der Waals surface area contributed by atoms with Gasteiger partial charge < -0.3 is 16.5 Å². The van der Waals surface area contributed by atoms with Gasteiger partial charge in [0.2, 0.25) is 0 Å². The highest BCUT2D eigenvalue weighted by Gasteiger charge is 1.93. The Morgan fingerprint density at radius 1 is 1.50 bits per heavy atom. The molecule has 0 aliphatic heterocycles. The zero-order valence-electron chi connectivity index (χ0n) is 4.73. The lowest BCUT2D eigenvalue weighted by Crippen LogP contribution is -1.89. The fourth-order valence-corrected chi connectivity index (χ4v) is 0.632. The number of H-pyrrole nitrogens is 1. The van der Waals surface area contributed by atoms with Gasteiger partial charge in [0.25, 0.3) is 0 Å². The lowest BCUT2D eigenvalue weighted by atomic mass is 10.4. The SMILES string of the molecule is Cc1cc(N)c(N)[nH]1. The van der Waals surface area contributed by atoms with Crippen LogP contribution in [0.5, 0.6) is 0 Å². The Kier molecular flexibility index (Phi) is 0.901. The third-order valence-corrected chi connectivity index (χ3v) is 1.01. The summed E-state index contributed by atoms with van der Waals surface area (Å²) in [4.78, 5) is 2.86. The lowest BCUT2D eigenvalue weighted by Gasteiger charge is -1.83. The van der Waals surface area contributed by atoms with Gasteiger partial charge in [0.15, 0.2) is 0 Å². The van der Waals surface area contributed by atoms with Crippen LogP contribution in [0.25, 0.3) is 0 Å². The van der Waals surface area contributed by atoms with E-state index >= 15 is 0 Å². The quantitative estimate of drug-likeness (QED) is 0.456. The lowest BCUT2D eigenvalue weighted by molar-refractivity contribution is 1.27. The van der Waals surface area contributed by atoms with E-state index < -0.39 is 0 Å². The molecule has 5 N–H and O–H groups in total. The van der Waals surface area contributed by atoms with Crippen molar-refractivity contribution >= 4 is 11.5 Å². The van der Waals surface area contributed by atoms with Gasteiger partial charge in [-0.3, -0.25) is 0 Å². The van der Waals surface area contributed by atoms with Crippen molar-refractivity contribution in [3.63, 3.8) is 0 Å². The Morgan fingerprint density at radius 3 is 2.25 bits per heavy atom. The predicted molar refractivity (Wildman–Crippen MR) is 34.4 cm³/mol. The fraction of sp³-hybridized carbons (Fsp3) is 0.200. The minimum absolute atomic E-state index is 0.558. The summed E-state index contributed by atoms with van der Waals surface area (Å²) in [7, 11) is 0. The normalized spacial score (nSPS) is 9.62. The Balaban J connectivity index is 3.14. The van der Waals surface area contributed by atoms with Crippen LogP contribution in [0.2, 0.25) is 0 Å². The molecule has 1 aromatic rings. The molecule has 0 unspecified atom stereocenters. The smallest absolute Gasteiger partial charge is 0.124 e. The molecule has 1 rings (SSSR count). The number of rotatable bonds is 0. The molecule has 3 nitrogen and oxygen atoms in total. The minimum Gasteiger partial charge on any atom is -0.396 e. The topological polar surface area (TPSA) is 67.8 Å². The standard InChI is InChI=1S/C5H9N3/c1-3-2-4(6)5(7)8-3/h2,8H,6-7H2,1H3. The van der Waals surface area contributed by atoms with E-state index in [4.69, 9.17) is 11.5 Å². The molecule has 0 aromatic carbocycles. The van der Waals surface area contributed by atoms with Crippen LogP contribution in [-0.2, 0) is 0 Å². The molecule has 0 saturated carbocycles. The molecule has 0 amide bonds. The molecular weight excluding hydrogens is 102 g/mol. The van der Waals surface area contributed by atoms with Crippen molar-refractivity contribution in [3.8, 4) is 0 Å². The van der Waals surface area contributed by atoms with Gasteiger partial charge in [-0.1, -0.05) is 0 Å². The first-order valence-corrected chi connectivity index (χ1v) is 2.40. The van der Waals surface area contributed by atoms with Crippen LogP contribution in [-0.4, -0.2) is 4.98 Å². The third-order valence-electron chi connectivity index (χ3n) is 1.01. The van der Waals surface area contributed by atoms with Gasteiger partial charge in [-0.25, -0.2) is 0 Å². The monoisotopic (exact) mass is 111 g/mol. The number of aromatic nitrogens is 1. The first kappa shape index (κ1) is 5.03. The summed E-state index contributed by atoms with van der Waals surface area (Å²) in [6, 6.07) is 1.80. The second kappa shape index (κ2) is 1.43.